The fraction of sp³-hybridized carbons (Fsp3) is 0.909. The number of nitrogens with zero attached hydrogens (tertiary/aromatic N) is 1. The van der Waals surface area contributed by atoms with Crippen molar-refractivity contribution in [3.63, 3.8) is 0 Å². The molecule has 0 radical (unpaired) electrons. The Bertz CT molecular complexity index is 269. The number of ether oxygens (including phenoxy) is 1. The van der Waals surface area contributed by atoms with E-state index >= 15 is 0 Å². The van der Waals surface area contributed by atoms with Crippen molar-refractivity contribution in [1.82, 2.24) is 10.2 Å². The lowest BCUT2D eigenvalue weighted by Gasteiger charge is -2.51. The van der Waals surface area contributed by atoms with Gasteiger partial charge in [-0.1, -0.05) is 0 Å². The van der Waals surface area contributed by atoms with Crippen LogP contribution in [0.1, 0.15) is 19.3 Å². The van der Waals surface area contributed by atoms with Gasteiger partial charge < -0.3 is 15.0 Å². The summed E-state index contributed by atoms with van der Waals surface area (Å²) < 4.78 is 5.44. The average Bonchev–Trinajstić information content (AvgIpc) is 2.72. The molecule has 16 heavy (non-hydrogen) atoms. The third-order valence-electron chi connectivity index (χ3n) is 3.91. The number of rotatable bonds is 1. The molecule has 1 amide bonds. The number of fused-ring (bicyclic) bond motifs is 1. The minimum atomic E-state index is -0.132. The number of likely N-dealkylation sites (tertiary alicyclic amines) is 1. The first-order chi connectivity index (χ1) is 7.36. The van der Waals surface area contributed by atoms with Crippen molar-refractivity contribution in [2.75, 3.05) is 26.2 Å². The van der Waals surface area contributed by atoms with Gasteiger partial charge in [-0.05, 0) is 31.7 Å². The SMILES string of the molecule is Cl.O=C(C1CCCO1)N1C[C@@H]2CCNC[C@@H]21. The van der Waals surface area contributed by atoms with Crippen molar-refractivity contribution in [3.8, 4) is 0 Å². The normalized spacial score (nSPS) is 37.2. The Hall–Kier alpha value is -0.320. The van der Waals surface area contributed by atoms with E-state index in [2.05, 4.69) is 5.32 Å². The Morgan fingerprint density at radius 1 is 1.38 bits per heavy atom. The molecule has 0 aliphatic carbocycles. The summed E-state index contributed by atoms with van der Waals surface area (Å²) in [7, 11) is 0. The molecule has 3 aliphatic rings. The number of piperidine rings is 1. The Morgan fingerprint density at radius 2 is 2.25 bits per heavy atom. The average molecular weight is 247 g/mol. The van der Waals surface area contributed by atoms with Gasteiger partial charge in [0.05, 0.1) is 0 Å². The number of carbonyl (C=O) groups excluding carboxylic acids is 1. The molecule has 3 saturated heterocycles. The van der Waals surface area contributed by atoms with Crippen LogP contribution in [-0.4, -0.2) is 49.2 Å². The van der Waals surface area contributed by atoms with E-state index in [-0.39, 0.29) is 24.4 Å². The van der Waals surface area contributed by atoms with Gasteiger partial charge in [0.25, 0.3) is 5.91 Å². The first-order valence-electron chi connectivity index (χ1n) is 5.99. The molecule has 3 rings (SSSR count). The maximum atomic E-state index is 12.1. The zero-order valence-electron chi connectivity index (χ0n) is 9.35. The molecule has 0 saturated carbocycles. The van der Waals surface area contributed by atoms with Crippen LogP contribution in [0.3, 0.4) is 0 Å². The first kappa shape index (κ1) is 12.1. The number of nitrogens with one attached hydrogen (secondary N) is 1. The standard InChI is InChI=1S/C11H18N2O2.ClH/c14-11(10-2-1-5-15-10)13-7-8-3-4-12-6-9(8)13;/h8-10,12H,1-7H2;1H/t8-,9-,10?;/m0./s1. The highest BCUT2D eigenvalue weighted by atomic mass is 35.5. The van der Waals surface area contributed by atoms with Crippen LogP contribution in [0.4, 0.5) is 0 Å². The Kier molecular flexibility index (Phi) is 3.72. The van der Waals surface area contributed by atoms with Crippen molar-refractivity contribution >= 4 is 18.3 Å². The second-order valence-electron chi connectivity index (χ2n) is 4.81. The molecular weight excluding hydrogens is 228 g/mol. The molecule has 0 bridgehead atoms. The lowest BCUT2D eigenvalue weighted by molar-refractivity contribution is -0.155. The second-order valence-corrected chi connectivity index (χ2v) is 4.81. The largest absolute Gasteiger partial charge is 0.368 e. The predicted octanol–water partition coefficient (Wildman–Crippen LogP) is 0.407. The molecule has 0 spiro atoms. The van der Waals surface area contributed by atoms with Crippen LogP contribution >= 0.6 is 12.4 Å². The number of halogens is 1. The molecule has 1 N–H and O–H groups in total. The van der Waals surface area contributed by atoms with Gasteiger partial charge in [0.15, 0.2) is 0 Å². The molecule has 0 aromatic rings. The van der Waals surface area contributed by atoms with Crippen molar-refractivity contribution in [2.24, 2.45) is 5.92 Å². The monoisotopic (exact) mass is 246 g/mol. The van der Waals surface area contributed by atoms with Gasteiger partial charge in [-0.3, -0.25) is 4.79 Å². The van der Waals surface area contributed by atoms with Crippen LogP contribution < -0.4 is 5.32 Å². The zero-order chi connectivity index (χ0) is 10.3. The number of hydrogen-bond donors (Lipinski definition) is 1. The van der Waals surface area contributed by atoms with Gasteiger partial charge in [-0.15, -0.1) is 12.4 Å². The van der Waals surface area contributed by atoms with Crippen LogP contribution in [0.25, 0.3) is 0 Å². The van der Waals surface area contributed by atoms with Crippen LogP contribution in [0, 0.1) is 5.92 Å². The van der Waals surface area contributed by atoms with E-state index in [1.807, 2.05) is 4.90 Å². The second kappa shape index (κ2) is 4.90. The maximum absolute atomic E-state index is 12.1. The van der Waals surface area contributed by atoms with Gasteiger partial charge in [0.2, 0.25) is 0 Å². The van der Waals surface area contributed by atoms with E-state index in [0.29, 0.717) is 6.04 Å². The zero-order valence-corrected chi connectivity index (χ0v) is 10.2. The summed E-state index contributed by atoms with van der Waals surface area (Å²) in [4.78, 5) is 14.1. The van der Waals surface area contributed by atoms with Crippen molar-refractivity contribution < 1.29 is 9.53 Å². The van der Waals surface area contributed by atoms with Crippen molar-refractivity contribution in [3.05, 3.63) is 0 Å². The lowest BCUT2D eigenvalue weighted by atomic mass is 9.82. The first-order valence-corrected chi connectivity index (χ1v) is 5.99. The molecule has 5 heteroatoms. The summed E-state index contributed by atoms with van der Waals surface area (Å²) in [5.41, 5.74) is 0. The van der Waals surface area contributed by atoms with E-state index in [9.17, 15) is 4.79 Å². The van der Waals surface area contributed by atoms with Crippen molar-refractivity contribution in [2.45, 2.75) is 31.4 Å². The summed E-state index contributed by atoms with van der Waals surface area (Å²) in [6.45, 7) is 3.81. The Balaban J connectivity index is 0.000000963. The van der Waals surface area contributed by atoms with Crippen LogP contribution in [0.15, 0.2) is 0 Å². The Morgan fingerprint density at radius 3 is 2.94 bits per heavy atom. The minimum absolute atomic E-state index is 0. The summed E-state index contributed by atoms with van der Waals surface area (Å²) in [6, 6.07) is 0.454. The molecule has 4 nitrogen and oxygen atoms in total. The van der Waals surface area contributed by atoms with Gasteiger partial charge in [-0.2, -0.15) is 0 Å². The summed E-state index contributed by atoms with van der Waals surface area (Å²) in [5, 5.41) is 3.36. The van der Waals surface area contributed by atoms with Crippen LogP contribution in [0.5, 0.6) is 0 Å². The molecule has 3 heterocycles. The summed E-state index contributed by atoms with van der Waals surface area (Å²) in [5.74, 6) is 0.981. The van der Waals surface area contributed by atoms with E-state index in [1.54, 1.807) is 0 Å². The minimum Gasteiger partial charge on any atom is -0.368 e. The van der Waals surface area contributed by atoms with Gasteiger partial charge >= 0.3 is 0 Å². The molecule has 3 aliphatic heterocycles. The number of amides is 1. The maximum Gasteiger partial charge on any atom is 0.252 e. The van der Waals surface area contributed by atoms with E-state index in [0.717, 1.165) is 45.0 Å². The summed E-state index contributed by atoms with van der Waals surface area (Å²) in [6.07, 6.45) is 3.05. The van der Waals surface area contributed by atoms with E-state index in [1.165, 1.54) is 6.42 Å². The molecule has 0 aromatic heterocycles. The van der Waals surface area contributed by atoms with Crippen LogP contribution in [0.2, 0.25) is 0 Å². The van der Waals surface area contributed by atoms with Crippen molar-refractivity contribution in [1.29, 1.82) is 0 Å². The lowest BCUT2D eigenvalue weighted by Crippen LogP contribution is -2.66. The van der Waals surface area contributed by atoms with Gasteiger partial charge in [0, 0.05) is 25.7 Å². The third kappa shape index (κ3) is 1.94. The smallest absolute Gasteiger partial charge is 0.252 e. The number of carbonyl (C=O) groups is 1. The number of hydrogen-bond acceptors (Lipinski definition) is 3. The fourth-order valence-electron chi connectivity index (χ4n) is 2.93. The molecule has 0 aromatic carbocycles. The Labute approximate surface area is 102 Å². The van der Waals surface area contributed by atoms with Gasteiger partial charge in [0.1, 0.15) is 6.10 Å². The highest BCUT2D eigenvalue weighted by Crippen LogP contribution is 2.31. The molecule has 3 fully saturated rings. The molecule has 92 valence electrons. The fourth-order valence-corrected chi connectivity index (χ4v) is 2.93. The van der Waals surface area contributed by atoms with E-state index in [4.69, 9.17) is 4.74 Å². The third-order valence-corrected chi connectivity index (χ3v) is 3.91. The molecule has 1 unspecified atom stereocenters. The highest BCUT2D eigenvalue weighted by molar-refractivity contribution is 5.85. The van der Waals surface area contributed by atoms with Crippen LogP contribution in [-0.2, 0) is 9.53 Å². The van der Waals surface area contributed by atoms with Gasteiger partial charge in [-0.25, -0.2) is 0 Å². The topological polar surface area (TPSA) is 41.6 Å². The highest BCUT2D eigenvalue weighted by Gasteiger charge is 2.45. The quantitative estimate of drug-likeness (QED) is 0.729. The molecule has 3 atom stereocenters. The molecular formula is C11H19ClN2O2. The predicted molar refractivity (Wildman–Crippen MR) is 62.7 cm³/mol. The van der Waals surface area contributed by atoms with E-state index < -0.39 is 0 Å². The summed E-state index contributed by atoms with van der Waals surface area (Å²) >= 11 is 0.